The van der Waals surface area contributed by atoms with Gasteiger partial charge in [-0.3, -0.25) is 5.73 Å². The number of hydrogen-bond donors (Lipinski definition) is 3. The Hall–Kier alpha value is -0.750. The van der Waals surface area contributed by atoms with Gasteiger partial charge in [-0.1, -0.05) is 11.8 Å². The van der Waals surface area contributed by atoms with Crippen molar-refractivity contribution in [2.45, 2.75) is 18.6 Å². The van der Waals surface area contributed by atoms with E-state index in [0.717, 1.165) is 18.0 Å². The molecule has 0 bridgehead atoms. The normalized spacial score (nSPS) is 33.4. The standard InChI is InChI=1S/C7H13N5S/c1-13-6-10-5(8)11-7(9,12-6)4-2-3-4/h4H,2-3,9H2,1H3,(H3,8,10,11,12). The molecule has 1 aliphatic heterocycles. The molecule has 1 unspecified atom stereocenters. The molecule has 0 aromatic heterocycles. The molecular weight excluding hydrogens is 186 g/mol. The van der Waals surface area contributed by atoms with Gasteiger partial charge in [0, 0.05) is 5.92 Å². The molecule has 0 aromatic carbocycles. The van der Waals surface area contributed by atoms with Crippen LogP contribution in [0.15, 0.2) is 9.98 Å². The highest BCUT2D eigenvalue weighted by molar-refractivity contribution is 8.13. The van der Waals surface area contributed by atoms with Gasteiger partial charge in [-0.05, 0) is 19.1 Å². The number of amidine groups is 1. The van der Waals surface area contributed by atoms with Crippen molar-refractivity contribution in [1.29, 1.82) is 0 Å². The maximum Gasteiger partial charge on any atom is 0.211 e. The third-order valence-corrected chi connectivity index (χ3v) is 2.77. The molecule has 0 spiro atoms. The van der Waals surface area contributed by atoms with E-state index in [9.17, 15) is 0 Å². The van der Waals surface area contributed by atoms with Crippen molar-refractivity contribution in [3.63, 3.8) is 0 Å². The second-order valence-corrected chi connectivity index (χ2v) is 4.10. The molecule has 72 valence electrons. The zero-order valence-electron chi connectivity index (χ0n) is 7.45. The monoisotopic (exact) mass is 199 g/mol. The van der Waals surface area contributed by atoms with Gasteiger partial charge in [0.15, 0.2) is 11.1 Å². The molecule has 2 aliphatic rings. The van der Waals surface area contributed by atoms with Gasteiger partial charge in [0.2, 0.25) is 5.79 Å². The predicted molar refractivity (Wildman–Crippen MR) is 55.4 cm³/mol. The molecule has 13 heavy (non-hydrogen) atoms. The largest absolute Gasteiger partial charge is 0.370 e. The molecule has 0 aromatic rings. The van der Waals surface area contributed by atoms with Crippen LogP contribution < -0.4 is 16.8 Å². The molecule has 0 saturated heterocycles. The molecule has 5 N–H and O–H groups in total. The lowest BCUT2D eigenvalue weighted by Gasteiger charge is -2.26. The van der Waals surface area contributed by atoms with Crippen molar-refractivity contribution in [2.75, 3.05) is 6.26 Å². The van der Waals surface area contributed by atoms with E-state index in [4.69, 9.17) is 11.5 Å². The lowest BCUT2D eigenvalue weighted by molar-refractivity contribution is 0.403. The van der Waals surface area contributed by atoms with E-state index < -0.39 is 5.79 Å². The van der Waals surface area contributed by atoms with Crippen molar-refractivity contribution in [3.8, 4) is 0 Å². The van der Waals surface area contributed by atoms with Crippen LogP contribution in [0.3, 0.4) is 0 Å². The van der Waals surface area contributed by atoms with E-state index in [1.165, 1.54) is 11.8 Å². The highest BCUT2D eigenvalue weighted by atomic mass is 32.2. The average Bonchev–Trinajstić information content (AvgIpc) is 2.84. The Morgan fingerprint density at radius 2 is 2.23 bits per heavy atom. The van der Waals surface area contributed by atoms with Gasteiger partial charge in [-0.25, -0.2) is 9.98 Å². The van der Waals surface area contributed by atoms with Crippen LogP contribution in [0.25, 0.3) is 0 Å². The molecule has 0 amide bonds. The summed E-state index contributed by atoms with van der Waals surface area (Å²) >= 11 is 1.50. The third-order valence-electron chi connectivity index (χ3n) is 2.19. The summed E-state index contributed by atoms with van der Waals surface area (Å²) in [6.45, 7) is 0. The minimum Gasteiger partial charge on any atom is -0.370 e. The van der Waals surface area contributed by atoms with Crippen LogP contribution in [-0.2, 0) is 0 Å². The number of nitrogens with one attached hydrogen (secondary N) is 1. The van der Waals surface area contributed by atoms with Crippen LogP contribution in [0.1, 0.15) is 12.8 Å². The molecule has 2 rings (SSSR count). The Morgan fingerprint density at radius 1 is 1.54 bits per heavy atom. The maximum atomic E-state index is 6.01. The van der Waals surface area contributed by atoms with E-state index in [0.29, 0.717) is 11.9 Å². The first-order chi connectivity index (χ1) is 6.14. The number of hydrogen-bond acceptors (Lipinski definition) is 6. The first kappa shape index (κ1) is 8.83. The maximum absolute atomic E-state index is 6.01. The van der Waals surface area contributed by atoms with Crippen LogP contribution in [-0.4, -0.2) is 23.2 Å². The lowest BCUT2D eigenvalue weighted by Crippen LogP contribution is -2.50. The van der Waals surface area contributed by atoms with Crippen molar-refractivity contribution in [2.24, 2.45) is 27.4 Å². The summed E-state index contributed by atoms with van der Waals surface area (Å²) in [5.41, 5.74) is 11.6. The van der Waals surface area contributed by atoms with E-state index in [1.807, 2.05) is 6.26 Å². The van der Waals surface area contributed by atoms with Gasteiger partial charge in [0.1, 0.15) is 0 Å². The first-order valence-corrected chi connectivity index (χ1v) is 5.41. The Kier molecular flexibility index (Phi) is 1.96. The highest BCUT2D eigenvalue weighted by Gasteiger charge is 2.44. The van der Waals surface area contributed by atoms with Crippen LogP contribution in [0.2, 0.25) is 0 Å². The summed E-state index contributed by atoms with van der Waals surface area (Å²) < 4.78 is 0. The topological polar surface area (TPSA) is 88.8 Å². The van der Waals surface area contributed by atoms with Gasteiger partial charge < -0.3 is 11.1 Å². The second kappa shape index (κ2) is 2.88. The average molecular weight is 199 g/mol. The quantitative estimate of drug-likeness (QED) is 0.538. The number of guanidine groups is 1. The van der Waals surface area contributed by atoms with Crippen LogP contribution >= 0.6 is 11.8 Å². The summed E-state index contributed by atoms with van der Waals surface area (Å²) in [5, 5.41) is 3.62. The van der Waals surface area contributed by atoms with Crippen molar-refractivity contribution in [1.82, 2.24) is 5.32 Å². The highest BCUT2D eigenvalue weighted by Crippen LogP contribution is 2.40. The first-order valence-electron chi connectivity index (χ1n) is 4.19. The SMILES string of the molecule is CSC1=NC(N)(C2CC2)N=C(N)N1. The van der Waals surface area contributed by atoms with Crippen LogP contribution in [0, 0.1) is 5.92 Å². The Balaban J connectivity index is 2.25. The van der Waals surface area contributed by atoms with Gasteiger partial charge in [0.05, 0.1) is 0 Å². The van der Waals surface area contributed by atoms with E-state index in [1.54, 1.807) is 0 Å². The number of nitrogens with two attached hydrogens (primary N) is 2. The molecule has 1 heterocycles. The minimum atomic E-state index is -0.798. The Labute approximate surface area is 81.1 Å². The van der Waals surface area contributed by atoms with Crippen molar-refractivity contribution < 1.29 is 0 Å². The van der Waals surface area contributed by atoms with Crippen molar-refractivity contribution >= 4 is 22.9 Å². The van der Waals surface area contributed by atoms with Crippen LogP contribution in [0.5, 0.6) is 0 Å². The van der Waals surface area contributed by atoms with E-state index in [-0.39, 0.29) is 0 Å². The van der Waals surface area contributed by atoms with E-state index >= 15 is 0 Å². The van der Waals surface area contributed by atoms with Gasteiger partial charge >= 0.3 is 0 Å². The van der Waals surface area contributed by atoms with Crippen LogP contribution in [0.4, 0.5) is 0 Å². The fraction of sp³-hybridized carbons (Fsp3) is 0.714. The molecule has 0 radical (unpaired) electrons. The van der Waals surface area contributed by atoms with Gasteiger partial charge in [-0.15, -0.1) is 0 Å². The molecule has 1 fully saturated rings. The zero-order chi connectivity index (χ0) is 9.47. The molecule has 1 atom stereocenters. The summed E-state index contributed by atoms with van der Waals surface area (Å²) in [7, 11) is 0. The Morgan fingerprint density at radius 3 is 2.77 bits per heavy atom. The fourth-order valence-corrected chi connectivity index (χ4v) is 1.78. The number of rotatable bonds is 1. The number of nitrogens with zero attached hydrogens (tertiary/aromatic N) is 2. The summed E-state index contributed by atoms with van der Waals surface area (Å²) in [5.74, 6) is -0.0581. The summed E-state index contributed by atoms with van der Waals surface area (Å²) in [6, 6.07) is 0. The third kappa shape index (κ3) is 1.64. The van der Waals surface area contributed by atoms with Crippen molar-refractivity contribution in [3.05, 3.63) is 0 Å². The molecule has 5 nitrogen and oxygen atoms in total. The Bertz CT molecular complexity index is 283. The molecular formula is C7H13N5S. The summed E-state index contributed by atoms with van der Waals surface area (Å²) in [6.07, 6.45) is 4.12. The molecule has 1 saturated carbocycles. The lowest BCUT2D eigenvalue weighted by atomic mass is 10.2. The predicted octanol–water partition coefficient (Wildman–Crippen LogP) is -0.354. The van der Waals surface area contributed by atoms with E-state index in [2.05, 4.69) is 15.3 Å². The molecule has 6 heteroatoms. The van der Waals surface area contributed by atoms with Gasteiger partial charge in [-0.2, -0.15) is 0 Å². The fourth-order valence-electron chi connectivity index (χ4n) is 1.33. The van der Waals surface area contributed by atoms with Gasteiger partial charge in [0.25, 0.3) is 0 Å². The minimum absolute atomic E-state index is 0.369. The zero-order valence-corrected chi connectivity index (χ0v) is 8.27. The molecule has 1 aliphatic carbocycles. The smallest absolute Gasteiger partial charge is 0.211 e. The summed E-state index contributed by atoms with van der Waals surface area (Å²) in [4.78, 5) is 8.46. The number of aliphatic imine (C=N–C) groups is 2. The second-order valence-electron chi connectivity index (χ2n) is 3.30. The number of thioether (sulfide) groups is 1.